The topological polar surface area (TPSA) is 99.3 Å². The Morgan fingerprint density at radius 3 is 1.54 bits per heavy atom. The van der Waals surface area contributed by atoms with Gasteiger partial charge in [-0.25, -0.2) is 0 Å². The first-order chi connectivity index (χ1) is 13.5. The van der Waals surface area contributed by atoms with Gasteiger partial charge >= 0.3 is 0 Å². The summed E-state index contributed by atoms with van der Waals surface area (Å²) in [4.78, 5) is 35.0. The summed E-state index contributed by atoms with van der Waals surface area (Å²) in [6.07, 6.45) is 1.70. The predicted octanol–water partition coefficient (Wildman–Crippen LogP) is 3.82. The molecule has 0 fully saturated rings. The second kappa shape index (κ2) is 10.7. The van der Waals surface area contributed by atoms with Crippen molar-refractivity contribution in [3.05, 3.63) is 48.5 Å². The van der Waals surface area contributed by atoms with Crippen molar-refractivity contribution in [2.24, 2.45) is 0 Å². The van der Waals surface area contributed by atoms with Crippen molar-refractivity contribution in [1.29, 1.82) is 0 Å². The molecule has 4 N–H and O–H groups in total. The molecule has 148 valence electrons. The fourth-order valence-electron chi connectivity index (χ4n) is 2.40. The number of anilines is 4. The van der Waals surface area contributed by atoms with Gasteiger partial charge in [-0.05, 0) is 55.0 Å². The number of nitrogens with one attached hydrogen (secondary N) is 4. The highest BCUT2D eigenvalue weighted by atomic mass is 16.2. The first-order valence-corrected chi connectivity index (χ1v) is 9.33. The van der Waals surface area contributed by atoms with E-state index in [0.717, 1.165) is 12.1 Å². The summed E-state index contributed by atoms with van der Waals surface area (Å²) in [5, 5.41) is 11.4. The summed E-state index contributed by atoms with van der Waals surface area (Å²) in [6.45, 7) is 3.85. The van der Waals surface area contributed by atoms with Crippen LogP contribution in [0.1, 0.15) is 33.1 Å². The maximum atomic E-state index is 12.1. The molecule has 0 spiro atoms. The van der Waals surface area contributed by atoms with Crippen LogP contribution in [0.3, 0.4) is 0 Å². The van der Waals surface area contributed by atoms with E-state index in [4.69, 9.17) is 0 Å². The van der Waals surface area contributed by atoms with E-state index in [1.165, 1.54) is 0 Å². The summed E-state index contributed by atoms with van der Waals surface area (Å²) in [6, 6.07) is 14.1. The van der Waals surface area contributed by atoms with E-state index >= 15 is 0 Å². The van der Waals surface area contributed by atoms with Crippen molar-refractivity contribution < 1.29 is 14.4 Å². The van der Waals surface area contributed by atoms with Gasteiger partial charge in [0.25, 0.3) is 0 Å². The van der Waals surface area contributed by atoms with Crippen LogP contribution in [0.2, 0.25) is 0 Å². The normalized spacial score (nSPS) is 10.1. The standard InChI is InChI=1S/C21H26N4O3/c1-3-5-20(27)24-17-10-12-18(13-11-17)25-21(28)14-22-15-6-8-16(9-7-15)23-19(26)4-2/h6-13,22H,3-5,14H2,1-2H3,(H,23,26)(H,24,27)(H,25,28). The lowest BCUT2D eigenvalue weighted by Gasteiger charge is -2.10. The van der Waals surface area contributed by atoms with Gasteiger partial charge in [-0.1, -0.05) is 13.8 Å². The van der Waals surface area contributed by atoms with E-state index in [2.05, 4.69) is 21.3 Å². The molecule has 2 aromatic carbocycles. The van der Waals surface area contributed by atoms with E-state index in [-0.39, 0.29) is 24.3 Å². The second-order valence-corrected chi connectivity index (χ2v) is 6.26. The lowest BCUT2D eigenvalue weighted by atomic mass is 10.2. The van der Waals surface area contributed by atoms with E-state index in [1.54, 1.807) is 55.5 Å². The fraction of sp³-hybridized carbons (Fsp3) is 0.286. The van der Waals surface area contributed by atoms with Crippen LogP contribution >= 0.6 is 0 Å². The third-order valence-electron chi connectivity index (χ3n) is 3.87. The maximum absolute atomic E-state index is 12.1. The van der Waals surface area contributed by atoms with Gasteiger partial charge in [0.05, 0.1) is 6.54 Å². The van der Waals surface area contributed by atoms with Gasteiger partial charge in [0.15, 0.2) is 0 Å². The highest BCUT2D eigenvalue weighted by Gasteiger charge is 2.05. The van der Waals surface area contributed by atoms with Gasteiger partial charge in [0.1, 0.15) is 0 Å². The van der Waals surface area contributed by atoms with Gasteiger partial charge < -0.3 is 21.3 Å². The molecule has 7 heteroatoms. The Balaban J connectivity index is 1.79. The Morgan fingerprint density at radius 2 is 1.07 bits per heavy atom. The lowest BCUT2D eigenvalue weighted by molar-refractivity contribution is -0.116. The molecule has 3 amide bonds. The zero-order valence-electron chi connectivity index (χ0n) is 16.2. The SMILES string of the molecule is CCCC(=O)Nc1ccc(NC(=O)CNc2ccc(NC(=O)CC)cc2)cc1. The van der Waals surface area contributed by atoms with E-state index in [9.17, 15) is 14.4 Å². The van der Waals surface area contributed by atoms with Crippen molar-refractivity contribution in [3.63, 3.8) is 0 Å². The Morgan fingerprint density at radius 1 is 0.643 bits per heavy atom. The molecular formula is C21H26N4O3. The van der Waals surface area contributed by atoms with Gasteiger partial charge in [0, 0.05) is 35.6 Å². The smallest absolute Gasteiger partial charge is 0.243 e. The third-order valence-corrected chi connectivity index (χ3v) is 3.87. The molecule has 0 unspecified atom stereocenters. The predicted molar refractivity (Wildman–Crippen MR) is 112 cm³/mol. The molecule has 28 heavy (non-hydrogen) atoms. The van der Waals surface area contributed by atoms with Gasteiger partial charge in [-0.2, -0.15) is 0 Å². The van der Waals surface area contributed by atoms with Crippen LogP contribution in [0.5, 0.6) is 0 Å². The first-order valence-electron chi connectivity index (χ1n) is 9.33. The Labute approximate surface area is 164 Å². The molecule has 0 aliphatic carbocycles. The summed E-state index contributed by atoms with van der Waals surface area (Å²) in [7, 11) is 0. The van der Waals surface area contributed by atoms with Crippen LogP contribution in [0.25, 0.3) is 0 Å². The molecule has 0 radical (unpaired) electrons. The molecule has 0 aliphatic heterocycles. The van der Waals surface area contributed by atoms with Crippen LogP contribution < -0.4 is 21.3 Å². The van der Waals surface area contributed by atoms with Crippen LogP contribution in [0.4, 0.5) is 22.7 Å². The third kappa shape index (κ3) is 7.11. The summed E-state index contributed by atoms with van der Waals surface area (Å²) in [5.74, 6) is -0.258. The molecule has 7 nitrogen and oxygen atoms in total. The van der Waals surface area contributed by atoms with Crippen LogP contribution in [-0.4, -0.2) is 24.3 Å². The molecule has 0 atom stereocenters. The average Bonchev–Trinajstić information content (AvgIpc) is 2.69. The Bertz CT molecular complexity index is 801. The van der Waals surface area contributed by atoms with Crippen LogP contribution in [-0.2, 0) is 14.4 Å². The van der Waals surface area contributed by atoms with E-state index in [1.807, 2.05) is 6.92 Å². The molecule has 0 bridgehead atoms. The minimum Gasteiger partial charge on any atom is -0.376 e. The largest absolute Gasteiger partial charge is 0.376 e. The summed E-state index contributed by atoms with van der Waals surface area (Å²) in [5.41, 5.74) is 2.84. The highest BCUT2D eigenvalue weighted by molar-refractivity contribution is 5.95. The Kier molecular flexibility index (Phi) is 8.02. The molecule has 2 aromatic rings. The molecular weight excluding hydrogens is 356 g/mol. The molecule has 0 aliphatic rings. The number of amides is 3. The molecule has 0 aromatic heterocycles. The quantitative estimate of drug-likeness (QED) is 0.530. The number of carbonyl (C=O) groups is 3. The fourth-order valence-corrected chi connectivity index (χ4v) is 2.40. The van der Waals surface area contributed by atoms with Crippen molar-refractivity contribution in [2.75, 3.05) is 27.8 Å². The van der Waals surface area contributed by atoms with Gasteiger partial charge in [-0.3, -0.25) is 14.4 Å². The number of benzene rings is 2. The minimum absolute atomic E-state index is 0.0243. The number of hydrogen-bond acceptors (Lipinski definition) is 4. The first kappa shape index (κ1) is 21.0. The van der Waals surface area contributed by atoms with Crippen LogP contribution in [0, 0.1) is 0 Å². The highest BCUT2D eigenvalue weighted by Crippen LogP contribution is 2.15. The molecule has 0 heterocycles. The van der Waals surface area contributed by atoms with Crippen molar-refractivity contribution in [3.8, 4) is 0 Å². The zero-order valence-corrected chi connectivity index (χ0v) is 16.2. The monoisotopic (exact) mass is 382 g/mol. The van der Waals surface area contributed by atoms with Crippen molar-refractivity contribution >= 4 is 40.5 Å². The van der Waals surface area contributed by atoms with Crippen molar-refractivity contribution in [2.45, 2.75) is 33.1 Å². The Hall–Kier alpha value is -3.35. The lowest BCUT2D eigenvalue weighted by Crippen LogP contribution is -2.21. The summed E-state index contributed by atoms with van der Waals surface area (Å²) < 4.78 is 0. The van der Waals surface area contributed by atoms with E-state index in [0.29, 0.717) is 29.9 Å². The molecule has 2 rings (SSSR count). The van der Waals surface area contributed by atoms with E-state index < -0.39 is 0 Å². The molecule has 0 saturated heterocycles. The van der Waals surface area contributed by atoms with Gasteiger partial charge in [-0.15, -0.1) is 0 Å². The van der Waals surface area contributed by atoms with Crippen molar-refractivity contribution in [1.82, 2.24) is 0 Å². The molecule has 0 saturated carbocycles. The average molecular weight is 382 g/mol. The second-order valence-electron chi connectivity index (χ2n) is 6.26. The zero-order chi connectivity index (χ0) is 20.4. The number of rotatable bonds is 9. The van der Waals surface area contributed by atoms with Crippen LogP contribution in [0.15, 0.2) is 48.5 Å². The minimum atomic E-state index is -0.189. The summed E-state index contributed by atoms with van der Waals surface area (Å²) >= 11 is 0. The number of hydrogen-bond donors (Lipinski definition) is 4. The number of carbonyl (C=O) groups excluding carboxylic acids is 3. The van der Waals surface area contributed by atoms with Gasteiger partial charge in [0.2, 0.25) is 17.7 Å². The maximum Gasteiger partial charge on any atom is 0.243 e.